The van der Waals surface area contributed by atoms with Crippen molar-refractivity contribution >= 4 is 11.3 Å². The van der Waals surface area contributed by atoms with Crippen LogP contribution in [0.3, 0.4) is 0 Å². The zero-order chi connectivity index (χ0) is 11.7. The first-order valence-corrected chi connectivity index (χ1v) is 6.93. The zero-order valence-electron chi connectivity index (χ0n) is 9.73. The molecule has 1 fully saturated rings. The quantitative estimate of drug-likeness (QED) is 0.900. The third kappa shape index (κ3) is 1.79. The van der Waals surface area contributed by atoms with E-state index in [0.29, 0.717) is 0 Å². The molecule has 17 heavy (non-hydrogen) atoms. The maximum atomic E-state index is 5.92. The Bertz CT molecular complexity index is 494. The van der Waals surface area contributed by atoms with Crippen LogP contribution in [0.1, 0.15) is 24.3 Å². The topological polar surface area (TPSA) is 38.9 Å². The molecule has 1 saturated carbocycles. The van der Waals surface area contributed by atoms with Gasteiger partial charge in [0.1, 0.15) is 5.01 Å². The standard InChI is InChI=1S/C14H16N2S/c15-10-14(7-4-8-14)13-16-12(9-17-13)11-5-2-1-3-6-11/h1-3,5-6,9H,4,7-8,10,15H2. The highest BCUT2D eigenvalue weighted by Gasteiger charge is 2.39. The summed E-state index contributed by atoms with van der Waals surface area (Å²) in [5, 5.41) is 3.38. The van der Waals surface area contributed by atoms with Crippen molar-refractivity contribution in [2.24, 2.45) is 5.73 Å². The largest absolute Gasteiger partial charge is 0.329 e. The van der Waals surface area contributed by atoms with Crippen LogP contribution in [-0.4, -0.2) is 11.5 Å². The minimum absolute atomic E-state index is 0.192. The lowest BCUT2D eigenvalue weighted by molar-refractivity contribution is 0.252. The first-order valence-electron chi connectivity index (χ1n) is 6.06. The van der Waals surface area contributed by atoms with Crippen LogP contribution in [0.25, 0.3) is 11.3 Å². The van der Waals surface area contributed by atoms with Crippen molar-refractivity contribution in [2.75, 3.05) is 6.54 Å². The van der Waals surface area contributed by atoms with E-state index in [1.165, 1.54) is 29.8 Å². The van der Waals surface area contributed by atoms with Crippen LogP contribution >= 0.6 is 11.3 Å². The van der Waals surface area contributed by atoms with Gasteiger partial charge in [-0.05, 0) is 12.8 Å². The van der Waals surface area contributed by atoms with Gasteiger partial charge in [0.15, 0.2) is 0 Å². The summed E-state index contributed by atoms with van der Waals surface area (Å²) in [4.78, 5) is 4.78. The molecule has 1 heterocycles. The SMILES string of the molecule is NCC1(c2nc(-c3ccccc3)cs2)CCC1. The van der Waals surface area contributed by atoms with Crippen molar-refractivity contribution in [1.82, 2.24) is 4.98 Å². The summed E-state index contributed by atoms with van der Waals surface area (Å²) in [6, 6.07) is 10.3. The van der Waals surface area contributed by atoms with Gasteiger partial charge in [0.25, 0.3) is 0 Å². The van der Waals surface area contributed by atoms with Crippen LogP contribution in [0.4, 0.5) is 0 Å². The van der Waals surface area contributed by atoms with Gasteiger partial charge in [-0.1, -0.05) is 36.8 Å². The fourth-order valence-electron chi connectivity index (χ4n) is 2.37. The molecule has 0 radical (unpaired) electrons. The molecule has 2 N–H and O–H groups in total. The van der Waals surface area contributed by atoms with Gasteiger partial charge in [0.05, 0.1) is 5.69 Å². The second-order valence-electron chi connectivity index (χ2n) is 4.74. The summed E-state index contributed by atoms with van der Waals surface area (Å²) < 4.78 is 0. The van der Waals surface area contributed by atoms with E-state index in [1.807, 2.05) is 6.07 Å². The molecule has 1 aliphatic rings. The minimum atomic E-state index is 0.192. The van der Waals surface area contributed by atoms with E-state index in [9.17, 15) is 0 Å². The van der Waals surface area contributed by atoms with Gasteiger partial charge in [-0.25, -0.2) is 4.98 Å². The monoisotopic (exact) mass is 244 g/mol. The highest BCUT2D eigenvalue weighted by molar-refractivity contribution is 7.10. The van der Waals surface area contributed by atoms with Crippen LogP contribution in [0.2, 0.25) is 0 Å². The Morgan fingerprint density at radius 2 is 2.00 bits per heavy atom. The zero-order valence-corrected chi connectivity index (χ0v) is 10.5. The predicted octanol–water partition coefficient (Wildman–Crippen LogP) is 3.19. The van der Waals surface area contributed by atoms with Gasteiger partial charge < -0.3 is 5.73 Å². The first-order chi connectivity index (χ1) is 8.34. The van der Waals surface area contributed by atoms with Crippen molar-refractivity contribution in [3.05, 3.63) is 40.7 Å². The number of hydrogen-bond donors (Lipinski definition) is 1. The molecular formula is C14H16N2S. The minimum Gasteiger partial charge on any atom is -0.329 e. The van der Waals surface area contributed by atoms with Crippen LogP contribution in [0.15, 0.2) is 35.7 Å². The Kier molecular flexibility index (Phi) is 2.73. The summed E-state index contributed by atoms with van der Waals surface area (Å²) in [5.41, 5.74) is 8.39. The highest BCUT2D eigenvalue weighted by atomic mass is 32.1. The summed E-state index contributed by atoms with van der Waals surface area (Å²) in [6.45, 7) is 0.731. The molecule has 1 aliphatic carbocycles. The van der Waals surface area contributed by atoms with Crippen molar-refractivity contribution < 1.29 is 0 Å². The summed E-state index contributed by atoms with van der Waals surface area (Å²) in [5.74, 6) is 0. The van der Waals surface area contributed by atoms with Crippen LogP contribution in [-0.2, 0) is 5.41 Å². The van der Waals surface area contributed by atoms with E-state index < -0.39 is 0 Å². The van der Waals surface area contributed by atoms with E-state index >= 15 is 0 Å². The second kappa shape index (κ2) is 4.24. The second-order valence-corrected chi connectivity index (χ2v) is 5.60. The highest BCUT2D eigenvalue weighted by Crippen LogP contribution is 2.44. The summed E-state index contributed by atoms with van der Waals surface area (Å²) >= 11 is 1.76. The molecule has 0 unspecified atom stereocenters. The normalized spacial score (nSPS) is 17.7. The number of nitrogens with two attached hydrogens (primary N) is 1. The Balaban J connectivity index is 1.93. The third-order valence-electron chi connectivity index (χ3n) is 3.73. The number of aromatic nitrogens is 1. The van der Waals surface area contributed by atoms with Gasteiger partial charge in [-0.3, -0.25) is 0 Å². The number of thiazole rings is 1. The average molecular weight is 244 g/mol. The fourth-order valence-corrected chi connectivity index (χ4v) is 3.47. The molecule has 1 aromatic heterocycles. The summed E-state index contributed by atoms with van der Waals surface area (Å²) in [6.07, 6.45) is 3.69. The van der Waals surface area contributed by atoms with Crippen molar-refractivity contribution in [1.29, 1.82) is 0 Å². The lowest BCUT2D eigenvalue weighted by atomic mass is 9.69. The van der Waals surface area contributed by atoms with Crippen molar-refractivity contribution in [2.45, 2.75) is 24.7 Å². The number of hydrogen-bond acceptors (Lipinski definition) is 3. The van der Waals surface area contributed by atoms with E-state index in [1.54, 1.807) is 11.3 Å². The Morgan fingerprint density at radius 3 is 2.59 bits per heavy atom. The first kappa shape index (κ1) is 10.9. The number of nitrogens with zero attached hydrogens (tertiary/aromatic N) is 1. The molecule has 1 aromatic carbocycles. The van der Waals surface area contributed by atoms with Crippen molar-refractivity contribution in [3.63, 3.8) is 0 Å². The molecule has 2 nitrogen and oxygen atoms in total. The van der Waals surface area contributed by atoms with E-state index in [-0.39, 0.29) is 5.41 Å². The lowest BCUT2D eigenvalue weighted by Crippen LogP contribution is -2.41. The molecule has 88 valence electrons. The molecule has 0 amide bonds. The van der Waals surface area contributed by atoms with E-state index in [2.05, 4.69) is 29.6 Å². The van der Waals surface area contributed by atoms with Crippen LogP contribution < -0.4 is 5.73 Å². The van der Waals surface area contributed by atoms with E-state index in [0.717, 1.165) is 12.2 Å². The third-order valence-corrected chi connectivity index (χ3v) is 4.82. The molecule has 3 rings (SSSR count). The molecule has 0 spiro atoms. The summed E-state index contributed by atoms with van der Waals surface area (Å²) in [7, 11) is 0. The number of benzene rings is 1. The maximum absolute atomic E-state index is 5.92. The van der Waals surface area contributed by atoms with Gasteiger partial charge in [0, 0.05) is 22.9 Å². The Morgan fingerprint density at radius 1 is 1.24 bits per heavy atom. The van der Waals surface area contributed by atoms with Gasteiger partial charge in [-0.2, -0.15) is 0 Å². The molecule has 0 atom stereocenters. The molecule has 0 bridgehead atoms. The molecule has 2 aromatic rings. The molecule has 0 aliphatic heterocycles. The Labute approximate surface area is 106 Å². The lowest BCUT2D eigenvalue weighted by Gasteiger charge is -2.38. The predicted molar refractivity (Wildman–Crippen MR) is 72.1 cm³/mol. The van der Waals surface area contributed by atoms with Crippen LogP contribution in [0, 0.1) is 0 Å². The average Bonchev–Trinajstić information content (AvgIpc) is 2.80. The smallest absolute Gasteiger partial charge is 0.101 e. The van der Waals surface area contributed by atoms with Crippen molar-refractivity contribution in [3.8, 4) is 11.3 Å². The van der Waals surface area contributed by atoms with Crippen LogP contribution in [0.5, 0.6) is 0 Å². The van der Waals surface area contributed by atoms with Gasteiger partial charge in [0.2, 0.25) is 0 Å². The van der Waals surface area contributed by atoms with Gasteiger partial charge >= 0.3 is 0 Å². The molecule has 0 saturated heterocycles. The van der Waals surface area contributed by atoms with Gasteiger partial charge in [-0.15, -0.1) is 11.3 Å². The molecular weight excluding hydrogens is 228 g/mol. The Hall–Kier alpha value is -1.19. The fraction of sp³-hybridized carbons (Fsp3) is 0.357. The van der Waals surface area contributed by atoms with E-state index in [4.69, 9.17) is 10.7 Å². The molecule has 3 heteroatoms. The maximum Gasteiger partial charge on any atom is 0.101 e. The number of rotatable bonds is 3.